The molecule has 0 atom stereocenters. The molecular weight excluding hydrogens is 414 g/mol. The van der Waals surface area contributed by atoms with Crippen molar-refractivity contribution < 1.29 is 23.3 Å². The molecule has 0 unspecified atom stereocenters. The molecule has 0 saturated carbocycles. The topological polar surface area (TPSA) is 114 Å². The maximum Gasteiger partial charge on any atom is 0.310 e. The molecular formula is C20H14ClN3O6. The highest BCUT2D eigenvalue weighted by Crippen LogP contribution is 2.32. The van der Waals surface area contributed by atoms with Gasteiger partial charge in [0.1, 0.15) is 18.1 Å². The van der Waals surface area contributed by atoms with E-state index >= 15 is 0 Å². The number of aromatic nitrogens is 2. The molecule has 9 nitrogen and oxygen atoms in total. The zero-order valence-corrected chi connectivity index (χ0v) is 16.3. The Morgan fingerprint density at radius 3 is 2.77 bits per heavy atom. The standard InChI is InChI=1S/C20H14ClN3O6/c1-27-16-8-6-12(21)10-14(16)19-22-20(30-23-19)18-9-7-13(29-18)11-28-17-5-3-2-4-15(17)24(25)26/h2-10H,11H2,1H3. The monoisotopic (exact) mass is 427 g/mol. The van der Waals surface area contributed by atoms with Gasteiger partial charge in [-0.25, -0.2) is 0 Å². The van der Waals surface area contributed by atoms with Gasteiger partial charge < -0.3 is 18.4 Å². The van der Waals surface area contributed by atoms with Crippen molar-refractivity contribution in [3.63, 3.8) is 0 Å². The average molecular weight is 428 g/mol. The van der Waals surface area contributed by atoms with Gasteiger partial charge in [0, 0.05) is 11.1 Å². The molecule has 2 aromatic carbocycles. The van der Waals surface area contributed by atoms with Gasteiger partial charge >= 0.3 is 5.69 Å². The van der Waals surface area contributed by atoms with E-state index in [0.717, 1.165) is 0 Å². The van der Waals surface area contributed by atoms with Crippen molar-refractivity contribution in [2.24, 2.45) is 0 Å². The molecule has 0 spiro atoms. The summed E-state index contributed by atoms with van der Waals surface area (Å²) >= 11 is 6.05. The molecule has 0 aliphatic rings. The van der Waals surface area contributed by atoms with Crippen LogP contribution in [0.4, 0.5) is 5.69 Å². The molecule has 0 aliphatic heterocycles. The number of furan rings is 1. The number of ether oxygens (including phenoxy) is 2. The van der Waals surface area contributed by atoms with Gasteiger partial charge in [0.05, 0.1) is 17.6 Å². The maximum atomic E-state index is 11.1. The van der Waals surface area contributed by atoms with E-state index in [2.05, 4.69) is 10.1 Å². The number of hydrogen-bond donors (Lipinski definition) is 0. The van der Waals surface area contributed by atoms with Gasteiger partial charge in [-0.2, -0.15) is 4.98 Å². The average Bonchev–Trinajstić information content (AvgIpc) is 3.42. The third-order valence-corrected chi connectivity index (χ3v) is 4.37. The number of nitro groups is 1. The third kappa shape index (κ3) is 3.96. The van der Waals surface area contributed by atoms with Crippen LogP contribution in [0.3, 0.4) is 0 Å². The van der Waals surface area contributed by atoms with Gasteiger partial charge in [0.15, 0.2) is 11.5 Å². The quantitative estimate of drug-likeness (QED) is 0.294. The Labute approximate surface area is 174 Å². The van der Waals surface area contributed by atoms with Crippen molar-refractivity contribution in [2.75, 3.05) is 7.11 Å². The van der Waals surface area contributed by atoms with Crippen molar-refractivity contribution in [1.29, 1.82) is 0 Å². The van der Waals surface area contributed by atoms with Crippen LogP contribution in [-0.2, 0) is 6.61 Å². The molecule has 2 heterocycles. The van der Waals surface area contributed by atoms with Crippen LogP contribution in [0.15, 0.2) is 63.5 Å². The molecule has 152 valence electrons. The largest absolute Gasteiger partial charge is 0.496 e. The van der Waals surface area contributed by atoms with E-state index < -0.39 is 4.92 Å². The Morgan fingerprint density at radius 1 is 1.13 bits per heavy atom. The number of para-hydroxylation sites is 2. The number of halogens is 1. The minimum atomic E-state index is -0.507. The molecule has 30 heavy (non-hydrogen) atoms. The molecule has 10 heteroatoms. The zero-order chi connectivity index (χ0) is 21.1. The van der Waals surface area contributed by atoms with E-state index in [9.17, 15) is 10.1 Å². The van der Waals surface area contributed by atoms with Gasteiger partial charge in [0.2, 0.25) is 5.82 Å². The van der Waals surface area contributed by atoms with E-state index in [1.165, 1.54) is 19.2 Å². The van der Waals surface area contributed by atoms with E-state index in [4.69, 9.17) is 30.0 Å². The lowest BCUT2D eigenvalue weighted by molar-refractivity contribution is -0.386. The molecule has 4 rings (SSSR count). The zero-order valence-electron chi connectivity index (χ0n) is 15.6. The number of hydrogen-bond acceptors (Lipinski definition) is 8. The number of nitro benzene ring substituents is 1. The van der Waals surface area contributed by atoms with Crippen LogP contribution in [0.2, 0.25) is 5.02 Å². The molecule has 0 saturated heterocycles. The number of nitrogens with zero attached hydrogens (tertiary/aromatic N) is 3. The summed E-state index contributed by atoms with van der Waals surface area (Å²) in [4.78, 5) is 14.9. The molecule has 2 aromatic heterocycles. The van der Waals surface area contributed by atoms with Crippen molar-refractivity contribution in [3.8, 4) is 34.5 Å². The summed E-state index contributed by atoms with van der Waals surface area (Å²) in [5.41, 5.74) is 0.452. The first kappa shape index (κ1) is 19.5. The predicted molar refractivity (Wildman–Crippen MR) is 106 cm³/mol. The normalized spacial score (nSPS) is 10.7. The first-order valence-electron chi connectivity index (χ1n) is 8.68. The molecule has 0 radical (unpaired) electrons. The van der Waals surface area contributed by atoms with Crippen molar-refractivity contribution in [3.05, 3.63) is 75.5 Å². The second-order valence-corrected chi connectivity index (χ2v) is 6.48. The molecule has 4 aromatic rings. The van der Waals surface area contributed by atoms with Crippen LogP contribution >= 0.6 is 11.6 Å². The van der Waals surface area contributed by atoms with Crippen molar-refractivity contribution in [2.45, 2.75) is 6.61 Å². The number of methoxy groups -OCH3 is 1. The van der Waals surface area contributed by atoms with Crippen molar-refractivity contribution >= 4 is 17.3 Å². The lowest BCUT2D eigenvalue weighted by atomic mass is 10.2. The van der Waals surface area contributed by atoms with Crippen LogP contribution in [0.1, 0.15) is 5.76 Å². The summed E-state index contributed by atoms with van der Waals surface area (Å²) in [6.07, 6.45) is 0. The second-order valence-electron chi connectivity index (χ2n) is 6.05. The van der Waals surface area contributed by atoms with E-state index in [0.29, 0.717) is 33.7 Å². The highest BCUT2D eigenvalue weighted by Gasteiger charge is 2.18. The van der Waals surface area contributed by atoms with Gasteiger partial charge in [-0.05, 0) is 36.4 Å². The van der Waals surface area contributed by atoms with Gasteiger partial charge in [0.25, 0.3) is 5.89 Å². The van der Waals surface area contributed by atoms with Crippen molar-refractivity contribution in [1.82, 2.24) is 10.1 Å². The summed E-state index contributed by atoms with van der Waals surface area (Å²) in [7, 11) is 1.53. The Morgan fingerprint density at radius 2 is 1.97 bits per heavy atom. The smallest absolute Gasteiger partial charge is 0.310 e. The lowest BCUT2D eigenvalue weighted by Gasteiger charge is -2.04. The van der Waals surface area contributed by atoms with Gasteiger partial charge in [-0.1, -0.05) is 28.9 Å². The van der Waals surface area contributed by atoms with E-state index in [1.807, 2.05) is 0 Å². The molecule has 0 bridgehead atoms. The fourth-order valence-corrected chi connectivity index (χ4v) is 2.91. The SMILES string of the molecule is COc1ccc(Cl)cc1-c1noc(-c2ccc(COc3ccccc3[N+](=O)[O-])o2)n1. The van der Waals surface area contributed by atoms with Crippen LogP contribution in [0, 0.1) is 10.1 Å². The lowest BCUT2D eigenvalue weighted by Crippen LogP contribution is -1.97. The predicted octanol–water partition coefficient (Wildman–Crippen LogP) is 5.15. The fourth-order valence-electron chi connectivity index (χ4n) is 2.74. The second kappa shape index (κ2) is 8.26. The Bertz CT molecular complexity index is 1200. The molecule has 0 N–H and O–H groups in total. The van der Waals surface area contributed by atoms with E-state index in [-0.39, 0.29) is 23.9 Å². The van der Waals surface area contributed by atoms with Gasteiger partial charge in [-0.3, -0.25) is 10.1 Å². The Balaban J connectivity index is 1.52. The number of benzene rings is 2. The van der Waals surface area contributed by atoms with Crippen LogP contribution < -0.4 is 9.47 Å². The molecule has 0 amide bonds. The Kier molecular flexibility index (Phi) is 5.36. The summed E-state index contributed by atoms with van der Waals surface area (Å²) in [6, 6.07) is 14.5. The molecule has 0 aliphatic carbocycles. The minimum absolute atomic E-state index is 0.00599. The summed E-state index contributed by atoms with van der Waals surface area (Å²) < 4.78 is 21.8. The highest BCUT2D eigenvalue weighted by atomic mass is 35.5. The first-order valence-corrected chi connectivity index (χ1v) is 9.06. The van der Waals surface area contributed by atoms with Crippen LogP contribution in [-0.4, -0.2) is 22.2 Å². The maximum absolute atomic E-state index is 11.1. The minimum Gasteiger partial charge on any atom is -0.496 e. The van der Waals surface area contributed by atoms with E-state index in [1.54, 1.807) is 42.5 Å². The summed E-state index contributed by atoms with van der Waals surface area (Å²) in [5.74, 6) is 1.90. The highest BCUT2D eigenvalue weighted by molar-refractivity contribution is 6.30. The number of rotatable bonds is 7. The third-order valence-electron chi connectivity index (χ3n) is 4.13. The van der Waals surface area contributed by atoms with Gasteiger partial charge in [-0.15, -0.1) is 0 Å². The summed E-state index contributed by atoms with van der Waals surface area (Å²) in [5, 5.41) is 15.5. The first-order chi connectivity index (χ1) is 14.5. The van der Waals surface area contributed by atoms with Crippen LogP contribution in [0.5, 0.6) is 11.5 Å². The van der Waals surface area contributed by atoms with Crippen LogP contribution in [0.25, 0.3) is 23.0 Å². The summed E-state index contributed by atoms with van der Waals surface area (Å²) in [6.45, 7) is -0.00599. The Hall–Kier alpha value is -3.85. The fraction of sp³-hybridized carbons (Fsp3) is 0.100. The molecule has 0 fully saturated rings.